The summed E-state index contributed by atoms with van der Waals surface area (Å²) in [5.74, 6) is 1.69. The molecule has 0 aliphatic carbocycles. The average Bonchev–Trinajstić information content (AvgIpc) is 2.52. The molecule has 2 rings (SSSR count). The van der Waals surface area contributed by atoms with Gasteiger partial charge in [0.2, 0.25) is 0 Å². The molecule has 0 saturated heterocycles. The van der Waals surface area contributed by atoms with E-state index in [-0.39, 0.29) is 0 Å². The van der Waals surface area contributed by atoms with Gasteiger partial charge in [0.15, 0.2) is 0 Å². The van der Waals surface area contributed by atoms with Crippen LogP contribution in [-0.4, -0.2) is 26.8 Å². The molecule has 0 spiro atoms. The van der Waals surface area contributed by atoms with Crippen LogP contribution in [0.5, 0.6) is 11.5 Å². The summed E-state index contributed by atoms with van der Waals surface area (Å²) in [7, 11) is 1.70. The summed E-state index contributed by atoms with van der Waals surface area (Å²) in [6, 6.07) is 17.8. The molecule has 110 valence electrons. The zero-order valence-corrected chi connectivity index (χ0v) is 12.3. The first-order valence-electron chi connectivity index (χ1n) is 7.07. The van der Waals surface area contributed by atoms with Gasteiger partial charge in [-0.3, -0.25) is 0 Å². The Kier molecular flexibility index (Phi) is 6.52. The quantitative estimate of drug-likeness (QED) is 0.749. The van der Waals surface area contributed by atoms with Gasteiger partial charge in [0.05, 0.1) is 6.61 Å². The summed E-state index contributed by atoms with van der Waals surface area (Å²) >= 11 is 0. The van der Waals surface area contributed by atoms with Gasteiger partial charge >= 0.3 is 0 Å². The Hall–Kier alpha value is -2.10. The van der Waals surface area contributed by atoms with Crippen molar-refractivity contribution in [3.63, 3.8) is 0 Å². The fourth-order valence-electron chi connectivity index (χ4n) is 1.86. The largest absolute Gasteiger partial charge is 0.457 e. The van der Waals surface area contributed by atoms with E-state index < -0.39 is 0 Å². The second-order valence-electron chi connectivity index (χ2n) is 4.59. The standard InChI is InChI=1S/C18H21NO2/c1-20-14-13-19-12-6-8-16-7-5-11-18(15-16)21-17-9-3-2-4-10-17/h2-11,15,19H,12-14H2,1H3. The van der Waals surface area contributed by atoms with Gasteiger partial charge in [-0.2, -0.15) is 0 Å². The van der Waals surface area contributed by atoms with Crippen molar-refractivity contribution in [1.82, 2.24) is 5.32 Å². The van der Waals surface area contributed by atoms with Crippen LogP contribution in [0.1, 0.15) is 5.56 Å². The highest BCUT2D eigenvalue weighted by atomic mass is 16.5. The van der Waals surface area contributed by atoms with Crippen molar-refractivity contribution in [2.75, 3.05) is 26.8 Å². The Balaban J connectivity index is 1.87. The number of benzene rings is 2. The minimum absolute atomic E-state index is 0.730. The van der Waals surface area contributed by atoms with Crippen LogP contribution in [0, 0.1) is 0 Å². The Bertz CT molecular complexity index is 552. The number of nitrogens with one attached hydrogen (secondary N) is 1. The Morgan fingerprint density at radius 2 is 1.81 bits per heavy atom. The van der Waals surface area contributed by atoms with Gasteiger partial charge < -0.3 is 14.8 Å². The Morgan fingerprint density at radius 3 is 2.62 bits per heavy atom. The molecule has 0 aliphatic heterocycles. The van der Waals surface area contributed by atoms with Crippen LogP contribution in [0.4, 0.5) is 0 Å². The van der Waals surface area contributed by atoms with Crippen LogP contribution in [0.25, 0.3) is 6.08 Å². The summed E-state index contributed by atoms with van der Waals surface area (Å²) in [5.41, 5.74) is 1.12. The summed E-state index contributed by atoms with van der Waals surface area (Å²) in [6.45, 7) is 2.42. The van der Waals surface area contributed by atoms with Crippen molar-refractivity contribution in [2.24, 2.45) is 0 Å². The second-order valence-corrected chi connectivity index (χ2v) is 4.59. The zero-order valence-electron chi connectivity index (χ0n) is 12.3. The van der Waals surface area contributed by atoms with Crippen molar-refractivity contribution in [3.05, 3.63) is 66.2 Å². The van der Waals surface area contributed by atoms with E-state index in [1.807, 2.05) is 48.5 Å². The predicted molar refractivity (Wildman–Crippen MR) is 86.7 cm³/mol. The third kappa shape index (κ3) is 5.81. The SMILES string of the molecule is COCCNCC=Cc1cccc(Oc2ccccc2)c1. The molecule has 1 N–H and O–H groups in total. The van der Waals surface area contributed by atoms with Gasteiger partial charge in [0, 0.05) is 20.2 Å². The van der Waals surface area contributed by atoms with E-state index in [9.17, 15) is 0 Å². The number of rotatable bonds is 8. The van der Waals surface area contributed by atoms with Crippen molar-refractivity contribution in [3.8, 4) is 11.5 Å². The lowest BCUT2D eigenvalue weighted by molar-refractivity contribution is 0.200. The van der Waals surface area contributed by atoms with E-state index >= 15 is 0 Å². The lowest BCUT2D eigenvalue weighted by Gasteiger charge is -2.06. The summed E-state index contributed by atoms with van der Waals surface area (Å²) in [6.07, 6.45) is 4.18. The molecule has 0 bridgehead atoms. The van der Waals surface area contributed by atoms with Crippen molar-refractivity contribution >= 4 is 6.08 Å². The third-order valence-corrected chi connectivity index (χ3v) is 2.89. The van der Waals surface area contributed by atoms with Gasteiger partial charge in [0.25, 0.3) is 0 Å². The molecule has 0 unspecified atom stereocenters. The van der Waals surface area contributed by atoms with E-state index in [4.69, 9.17) is 9.47 Å². The molecular formula is C18H21NO2. The highest BCUT2D eigenvalue weighted by molar-refractivity contribution is 5.52. The number of ether oxygens (including phenoxy) is 2. The van der Waals surface area contributed by atoms with Crippen LogP contribution in [0.3, 0.4) is 0 Å². The fourth-order valence-corrected chi connectivity index (χ4v) is 1.86. The third-order valence-electron chi connectivity index (χ3n) is 2.89. The minimum atomic E-state index is 0.730. The van der Waals surface area contributed by atoms with E-state index in [2.05, 4.69) is 23.5 Å². The molecule has 0 heterocycles. The van der Waals surface area contributed by atoms with E-state index in [1.165, 1.54) is 0 Å². The first kappa shape index (κ1) is 15.3. The average molecular weight is 283 g/mol. The molecule has 0 saturated carbocycles. The van der Waals surface area contributed by atoms with Gasteiger partial charge in [-0.1, -0.05) is 42.5 Å². The van der Waals surface area contributed by atoms with Gasteiger partial charge in [0.1, 0.15) is 11.5 Å². The smallest absolute Gasteiger partial charge is 0.128 e. The molecule has 2 aromatic carbocycles. The lowest BCUT2D eigenvalue weighted by Crippen LogP contribution is -2.18. The second kappa shape index (κ2) is 8.95. The topological polar surface area (TPSA) is 30.5 Å². The molecule has 3 heteroatoms. The monoisotopic (exact) mass is 283 g/mol. The molecule has 0 atom stereocenters. The summed E-state index contributed by atoms with van der Waals surface area (Å²) < 4.78 is 10.8. The van der Waals surface area contributed by atoms with Gasteiger partial charge in [-0.25, -0.2) is 0 Å². The summed E-state index contributed by atoms with van der Waals surface area (Å²) in [5, 5.41) is 3.27. The van der Waals surface area contributed by atoms with Crippen molar-refractivity contribution in [1.29, 1.82) is 0 Å². The highest BCUT2D eigenvalue weighted by Gasteiger charge is 1.96. The molecule has 0 amide bonds. The molecule has 3 nitrogen and oxygen atoms in total. The Labute approximate surface area is 126 Å². The first-order valence-corrected chi connectivity index (χ1v) is 7.07. The molecule has 0 radical (unpaired) electrons. The van der Waals surface area contributed by atoms with E-state index in [1.54, 1.807) is 7.11 Å². The number of para-hydroxylation sites is 1. The fraction of sp³-hybridized carbons (Fsp3) is 0.222. The number of hydrogen-bond donors (Lipinski definition) is 1. The normalized spacial score (nSPS) is 10.9. The Morgan fingerprint density at radius 1 is 1.00 bits per heavy atom. The lowest BCUT2D eigenvalue weighted by atomic mass is 10.2. The van der Waals surface area contributed by atoms with Gasteiger partial charge in [-0.05, 0) is 29.8 Å². The van der Waals surface area contributed by atoms with E-state index in [0.717, 1.165) is 36.8 Å². The van der Waals surface area contributed by atoms with Crippen LogP contribution >= 0.6 is 0 Å². The zero-order chi connectivity index (χ0) is 14.8. The molecule has 2 aromatic rings. The maximum absolute atomic E-state index is 5.81. The van der Waals surface area contributed by atoms with Crippen molar-refractivity contribution in [2.45, 2.75) is 0 Å². The number of hydrogen-bond acceptors (Lipinski definition) is 3. The molecule has 0 aromatic heterocycles. The molecule has 0 fully saturated rings. The summed E-state index contributed by atoms with van der Waals surface area (Å²) in [4.78, 5) is 0. The van der Waals surface area contributed by atoms with Crippen LogP contribution in [-0.2, 0) is 4.74 Å². The van der Waals surface area contributed by atoms with E-state index in [0.29, 0.717) is 0 Å². The van der Waals surface area contributed by atoms with Crippen molar-refractivity contribution < 1.29 is 9.47 Å². The maximum Gasteiger partial charge on any atom is 0.128 e. The molecular weight excluding hydrogens is 262 g/mol. The van der Waals surface area contributed by atoms with Gasteiger partial charge in [-0.15, -0.1) is 0 Å². The van der Waals surface area contributed by atoms with Crippen LogP contribution in [0.2, 0.25) is 0 Å². The minimum Gasteiger partial charge on any atom is -0.457 e. The first-order chi connectivity index (χ1) is 10.4. The van der Waals surface area contributed by atoms with Crippen LogP contribution < -0.4 is 10.1 Å². The number of methoxy groups -OCH3 is 1. The highest BCUT2D eigenvalue weighted by Crippen LogP contribution is 2.22. The molecule has 0 aliphatic rings. The maximum atomic E-state index is 5.81. The molecule has 21 heavy (non-hydrogen) atoms. The van der Waals surface area contributed by atoms with Crippen LogP contribution in [0.15, 0.2) is 60.7 Å². The predicted octanol–water partition coefficient (Wildman–Crippen LogP) is 3.73.